The third kappa shape index (κ3) is 5.90. The molecule has 0 unspecified atom stereocenters. The SMILES string of the molecule is O=C(CCc1nc(-c2ccc(Cl)cc2)no1)NCC1CCN(Cc2cccs2)CC1. The number of carbonyl (C=O) groups is 1. The molecule has 3 aromatic rings. The first kappa shape index (κ1) is 21.0. The van der Waals surface area contributed by atoms with Gasteiger partial charge in [0.1, 0.15) is 0 Å². The Bertz CT molecular complexity index is 934. The number of nitrogens with one attached hydrogen (secondary N) is 1. The maximum atomic E-state index is 12.2. The summed E-state index contributed by atoms with van der Waals surface area (Å²) in [6.45, 7) is 3.96. The highest BCUT2D eigenvalue weighted by Crippen LogP contribution is 2.21. The number of piperidine rings is 1. The van der Waals surface area contributed by atoms with Gasteiger partial charge >= 0.3 is 0 Å². The molecule has 1 aromatic carbocycles. The largest absolute Gasteiger partial charge is 0.356 e. The van der Waals surface area contributed by atoms with Gasteiger partial charge in [0.2, 0.25) is 17.6 Å². The van der Waals surface area contributed by atoms with E-state index in [1.54, 1.807) is 12.1 Å². The summed E-state index contributed by atoms with van der Waals surface area (Å²) in [6.07, 6.45) is 3.03. The van der Waals surface area contributed by atoms with E-state index in [1.165, 1.54) is 4.88 Å². The number of aryl methyl sites for hydroxylation is 1. The smallest absolute Gasteiger partial charge is 0.227 e. The van der Waals surface area contributed by atoms with Gasteiger partial charge in [-0.05, 0) is 67.6 Å². The number of likely N-dealkylation sites (tertiary alicyclic amines) is 1. The summed E-state index contributed by atoms with van der Waals surface area (Å²) in [4.78, 5) is 20.5. The van der Waals surface area contributed by atoms with Gasteiger partial charge in [-0.1, -0.05) is 22.8 Å². The van der Waals surface area contributed by atoms with Gasteiger partial charge in [0.15, 0.2) is 0 Å². The lowest BCUT2D eigenvalue weighted by atomic mass is 9.96. The van der Waals surface area contributed by atoms with Gasteiger partial charge in [0.25, 0.3) is 0 Å². The van der Waals surface area contributed by atoms with Crippen LogP contribution in [0.3, 0.4) is 0 Å². The first-order chi connectivity index (χ1) is 14.7. The van der Waals surface area contributed by atoms with Gasteiger partial charge < -0.3 is 9.84 Å². The van der Waals surface area contributed by atoms with Crippen LogP contribution in [0.4, 0.5) is 0 Å². The van der Waals surface area contributed by atoms with Crippen molar-refractivity contribution in [2.24, 2.45) is 5.92 Å². The number of thiophene rings is 1. The minimum Gasteiger partial charge on any atom is -0.356 e. The van der Waals surface area contributed by atoms with Crippen molar-refractivity contribution in [3.8, 4) is 11.4 Å². The second-order valence-electron chi connectivity index (χ2n) is 7.62. The molecular weight excluding hydrogens is 420 g/mol. The number of hydrogen-bond acceptors (Lipinski definition) is 6. The van der Waals surface area contributed by atoms with E-state index >= 15 is 0 Å². The summed E-state index contributed by atoms with van der Waals surface area (Å²) in [6, 6.07) is 11.6. The van der Waals surface area contributed by atoms with Crippen LogP contribution in [0.5, 0.6) is 0 Å². The van der Waals surface area contributed by atoms with Crippen LogP contribution in [0.1, 0.15) is 30.0 Å². The maximum absolute atomic E-state index is 12.2. The summed E-state index contributed by atoms with van der Waals surface area (Å²) >= 11 is 7.71. The van der Waals surface area contributed by atoms with E-state index in [2.05, 4.69) is 37.9 Å². The maximum Gasteiger partial charge on any atom is 0.227 e. The van der Waals surface area contributed by atoms with Crippen molar-refractivity contribution in [1.82, 2.24) is 20.4 Å². The Labute approximate surface area is 185 Å². The Kier molecular flexibility index (Phi) is 7.15. The van der Waals surface area contributed by atoms with Crippen LogP contribution in [0, 0.1) is 5.92 Å². The first-order valence-electron chi connectivity index (χ1n) is 10.3. The van der Waals surface area contributed by atoms with Crippen LogP contribution < -0.4 is 5.32 Å². The molecule has 4 rings (SSSR count). The molecule has 1 aliphatic heterocycles. The number of hydrogen-bond donors (Lipinski definition) is 1. The minimum absolute atomic E-state index is 0.0299. The fraction of sp³-hybridized carbons (Fsp3) is 0.409. The average Bonchev–Trinajstić information content (AvgIpc) is 3.44. The molecule has 158 valence electrons. The summed E-state index contributed by atoms with van der Waals surface area (Å²) in [5.41, 5.74) is 0.837. The molecule has 0 aliphatic carbocycles. The predicted molar refractivity (Wildman–Crippen MR) is 118 cm³/mol. The number of aromatic nitrogens is 2. The van der Waals surface area contributed by atoms with E-state index in [-0.39, 0.29) is 5.91 Å². The fourth-order valence-corrected chi connectivity index (χ4v) is 4.48. The van der Waals surface area contributed by atoms with Crippen LogP contribution in [-0.4, -0.2) is 40.6 Å². The lowest BCUT2D eigenvalue weighted by Gasteiger charge is -2.31. The predicted octanol–water partition coefficient (Wildman–Crippen LogP) is 4.41. The highest BCUT2D eigenvalue weighted by Gasteiger charge is 2.20. The lowest BCUT2D eigenvalue weighted by Crippen LogP contribution is -2.38. The molecule has 0 atom stereocenters. The third-order valence-electron chi connectivity index (χ3n) is 5.39. The van der Waals surface area contributed by atoms with Gasteiger partial charge in [-0.3, -0.25) is 9.69 Å². The molecule has 1 saturated heterocycles. The molecule has 1 amide bonds. The summed E-state index contributed by atoms with van der Waals surface area (Å²) < 4.78 is 5.27. The number of nitrogens with zero attached hydrogens (tertiary/aromatic N) is 3. The number of benzene rings is 1. The van der Waals surface area contributed by atoms with E-state index in [0.29, 0.717) is 35.5 Å². The van der Waals surface area contributed by atoms with E-state index in [0.717, 1.165) is 44.6 Å². The Hall–Kier alpha value is -2.22. The van der Waals surface area contributed by atoms with Crippen LogP contribution in [0.25, 0.3) is 11.4 Å². The quantitative estimate of drug-likeness (QED) is 0.557. The zero-order valence-electron chi connectivity index (χ0n) is 16.7. The van der Waals surface area contributed by atoms with Crippen molar-refractivity contribution in [1.29, 1.82) is 0 Å². The molecule has 6 nitrogen and oxygen atoms in total. The lowest BCUT2D eigenvalue weighted by molar-refractivity contribution is -0.121. The first-order valence-corrected chi connectivity index (χ1v) is 11.5. The molecule has 1 fully saturated rings. The number of rotatable bonds is 8. The van der Waals surface area contributed by atoms with E-state index in [4.69, 9.17) is 16.1 Å². The summed E-state index contributed by atoms with van der Waals surface area (Å²) in [5.74, 6) is 1.56. The molecule has 0 radical (unpaired) electrons. The van der Waals surface area contributed by atoms with Crippen LogP contribution in [-0.2, 0) is 17.8 Å². The third-order valence-corrected chi connectivity index (χ3v) is 6.50. The van der Waals surface area contributed by atoms with Crippen molar-refractivity contribution in [2.75, 3.05) is 19.6 Å². The fourth-order valence-electron chi connectivity index (χ4n) is 3.61. The van der Waals surface area contributed by atoms with Gasteiger partial charge in [-0.15, -0.1) is 11.3 Å². The second kappa shape index (κ2) is 10.2. The van der Waals surface area contributed by atoms with E-state index in [9.17, 15) is 4.79 Å². The molecule has 0 bridgehead atoms. The van der Waals surface area contributed by atoms with Crippen molar-refractivity contribution < 1.29 is 9.32 Å². The van der Waals surface area contributed by atoms with Crippen LogP contribution >= 0.6 is 22.9 Å². The second-order valence-corrected chi connectivity index (χ2v) is 9.09. The Morgan fingerprint density at radius 2 is 2.03 bits per heavy atom. The summed E-state index contributed by atoms with van der Waals surface area (Å²) in [7, 11) is 0. The molecule has 1 aliphatic rings. The van der Waals surface area contributed by atoms with E-state index in [1.807, 2.05) is 23.5 Å². The molecular formula is C22H25ClN4O2S. The van der Waals surface area contributed by atoms with Crippen molar-refractivity contribution in [2.45, 2.75) is 32.2 Å². The minimum atomic E-state index is 0.0299. The molecule has 30 heavy (non-hydrogen) atoms. The molecule has 2 aromatic heterocycles. The van der Waals surface area contributed by atoms with Crippen molar-refractivity contribution in [3.63, 3.8) is 0 Å². The molecule has 0 saturated carbocycles. The molecule has 8 heteroatoms. The number of halogens is 1. The highest BCUT2D eigenvalue weighted by molar-refractivity contribution is 7.09. The summed E-state index contributed by atoms with van der Waals surface area (Å²) in [5, 5.41) is 9.84. The van der Waals surface area contributed by atoms with Crippen molar-refractivity contribution >= 4 is 28.8 Å². The zero-order chi connectivity index (χ0) is 20.8. The van der Waals surface area contributed by atoms with Crippen LogP contribution in [0.15, 0.2) is 46.3 Å². The Balaban J connectivity index is 1.15. The molecule has 1 N–H and O–H groups in total. The Morgan fingerprint density at radius 1 is 1.23 bits per heavy atom. The number of carbonyl (C=O) groups excluding carboxylic acids is 1. The molecule has 0 spiro atoms. The zero-order valence-corrected chi connectivity index (χ0v) is 18.3. The van der Waals surface area contributed by atoms with Gasteiger partial charge in [-0.25, -0.2) is 0 Å². The van der Waals surface area contributed by atoms with Gasteiger partial charge in [-0.2, -0.15) is 4.98 Å². The number of amides is 1. The average molecular weight is 445 g/mol. The standard InChI is InChI=1S/C22H25ClN4O2S/c23-18-5-3-17(4-6-18)22-25-21(29-26-22)8-7-20(28)24-14-16-9-11-27(12-10-16)15-19-2-1-13-30-19/h1-6,13,16H,7-12,14-15H2,(H,24,28). The topological polar surface area (TPSA) is 71.3 Å². The highest BCUT2D eigenvalue weighted by atomic mass is 35.5. The van der Waals surface area contributed by atoms with Crippen LogP contribution in [0.2, 0.25) is 5.02 Å². The Morgan fingerprint density at radius 3 is 2.77 bits per heavy atom. The van der Waals surface area contributed by atoms with Gasteiger partial charge in [0, 0.05) is 41.4 Å². The van der Waals surface area contributed by atoms with E-state index < -0.39 is 0 Å². The normalized spacial score (nSPS) is 15.4. The monoisotopic (exact) mass is 444 g/mol. The van der Waals surface area contributed by atoms with Gasteiger partial charge in [0.05, 0.1) is 0 Å². The molecule has 3 heterocycles. The van der Waals surface area contributed by atoms with Crippen molar-refractivity contribution in [3.05, 3.63) is 57.6 Å².